The molecule has 3 heteroatoms. The SMILES string of the molecule is C=C(C(=O)c1ccccc1)c1c(OC(=O)c2ccccc2)cc(C(C)C)cc1C(C)C. The van der Waals surface area contributed by atoms with Crippen molar-refractivity contribution in [2.75, 3.05) is 0 Å². The summed E-state index contributed by atoms with van der Waals surface area (Å²) >= 11 is 0. The number of hydrogen-bond donors (Lipinski definition) is 0. The Balaban J connectivity index is 2.14. The van der Waals surface area contributed by atoms with Crippen LogP contribution in [0.2, 0.25) is 0 Å². The van der Waals surface area contributed by atoms with Crippen molar-refractivity contribution in [1.29, 1.82) is 0 Å². The first-order valence-electron chi connectivity index (χ1n) is 10.5. The van der Waals surface area contributed by atoms with Crippen molar-refractivity contribution in [3.63, 3.8) is 0 Å². The van der Waals surface area contributed by atoms with Gasteiger partial charge < -0.3 is 4.74 Å². The van der Waals surface area contributed by atoms with Crippen LogP contribution in [-0.2, 0) is 0 Å². The van der Waals surface area contributed by atoms with Gasteiger partial charge in [-0.25, -0.2) is 4.79 Å². The first-order chi connectivity index (χ1) is 14.8. The van der Waals surface area contributed by atoms with Gasteiger partial charge in [0, 0.05) is 16.7 Å². The van der Waals surface area contributed by atoms with Gasteiger partial charge >= 0.3 is 5.97 Å². The molecular formula is C28H28O3. The van der Waals surface area contributed by atoms with E-state index in [-0.39, 0.29) is 17.6 Å². The molecule has 0 saturated heterocycles. The zero-order chi connectivity index (χ0) is 22.5. The van der Waals surface area contributed by atoms with Gasteiger partial charge in [0.2, 0.25) is 0 Å². The Labute approximate surface area is 184 Å². The van der Waals surface area contributed by atoms with Gasteiger partial charge in [-0.3, -0.25) is 4.79 Å². The maximum Gasteiger partial charge on any atom is 0.343 e. The molecule has 0 amide bonds. The zero-order valence-electron chi connectivity index (χ0n) is 18.5. The summed E-state index contributed by atoms with van der Waals surface area (Å²) in [5, 5.41) is 0. The average Bonchev–Trinajstić information content (AvgIpc) is 2.78. The topological polar surface area (TPSA) is 43.4 Å². The zero-order valence-corrected chi connectivity index (χ0v) is 18.5. The van der Waals surface area contributed by atoms with Crippen molar-refractivity contribution < 1.29 is 14.3 Å². The van der Waals surface area contributed by atoms with E-state index >= 15 is 0 Å². The maximum atomic E-state index is 13.2. The lowest BCUT2D eigenvalue weighted by Crippen LogP contribution is -2.13. The van der Waals surface area contributed by atoms with E-state index in [1.54, 1.807) is 36.4 Å². The lowest BCUT2D eigenvalue weighted by molar-refractivity contribution is 0.0733. The Morgan fingerprint density at radius 1 is 0.774 bits per heavy atom. The van der Waals surface area contributed by atoms with E-state index in [2.05, 4.69) is 40.3 Å². The van der Waals surface area contributed by atoms with Crippen LogP contribution < -0.4 is 4.74 Å². The third kappa shape index (κ3) is 5.00. The predicted molar refractivity (Wildman–Crippen MR) is 126 cm³/mol. The number of carbonyl (C=O) groups is 2. The molecule has 0 saturated carbocycles. The number of carbonyl (C=O) groups excluding carboxylic acids is 2. The van der Waals surface area contributed by atoms with Gasteiger partial charge in [-0.15, -0.1) is 0 Å². The summed E-state index contributed by atoms with van der Waals surface area (Å²) in [6.45, 7) is 12.4. The van der Waals surface area contributed by atoms with Gasteiger partial charge in [-0.05, 0) is 41.2 Å². The largest absolute Gasteiger partial charge is 0.422 e. The second-order valence-corrected chi connectivity index (χ2v) is 8.22. The average molecular weight is 413 g/mol. The number of benzene rings is 3. The Bertz CT molecular complexity index is 1090. The fraction of sp³-hybridized carbons (Fsp3) is 0.214. The van der Waals surface area contributed by atoms with Crippen LogP contribution in [0.4, 0.5) is 0 Å². The minimum atomic E-state index is -0.461. The van der Waals surface area contributed by atoms with E-state index in [0.29, 0.717) is 28.0 Å². The maximum absolute atomic E-state index is 13.2. The second kappa shape index (κ2) is 9.57. The van der Waals surface area contributed by atoms with Gasteiger partial charge in [0.25, 0.3) is 0 Å². The molecule has 0 radical (unpaired) electrons. The molecule has 0 aliphatic carbocycles. The summed E-state index contributed by atoms with van der Waals surface area (Å²) in [6, 6.07) is 21.8. The molecule has 3 aromatic rings. The molecule has 3 rings (SSSR count). The van der Waals surface area contributed by atoms with Crippen LogP contribution in [-0.4, -0.2) is 11.8 Å². The van der Waals surface area contributed by atoms with Gasteiger partial charge in [0.1, 0.15) is 5.75 Å². The summed E-state index contributed by atoms with van der Waals surface area (Å²) in [5.74, 6) is 0.0780. The Morgan fingerprint density at radius 2 is 1.32 bits per heavy atom. The molecule has 3 aromatic carbocycles. The minimum Gasteiger partial charge on any atom is -0.422 e. The van der Waals surface area contributed by atoms with E-state index in [4.69, 9.17) is 4.74 Å². The number of ketones is 1. The minimum absolute atomic E-state index is 0.114. The summed E-state index contributed by atoms with van der Waals surface area (Å²) in [7, 11) is 0. The Morgan fingerprint density at radius 3 is 1.84 bits per heavy atom. The lowest BCUT2D eigenvalue weighted by Gasteiger charge is -2.21. The highest BCUT2D eigenvalue weighted by molar-refractivity contribution is 6.29. The molecule has 0 atom stereocenters. The molecule has 0 aliphatic heterocycles. The van der Waals surface area contributed by atoms with E-state index in [1.807, 2.05) is 30.3 Å². The van der Waals surface area contributed by atoms with Gasteiger partial charge in [0.15, 0.2) is 5.78 Å². The van der Waals surface area contributed by atoms with Crippen molar-refractivity contribution in [1.82, 2.24) is 0 Å². The molecule has 0 unspecified atom stereocenters. The fourth-order valence-corrected chi connectivity index (χ4v) is 3.46. The summed E-state index contributed by atoms with van der Waals surface area (Å²) in [6.07, 6.45) is 0. The second-order valence-electron chi connectivity index (χ2n) is 8.22. The molecule has 0 bridgehead atoms. The van der Waals surface area contributed by atoms with E-state index < -0.39 is 5.97 Å². The molecule has 31 heavy (non-hydrogen) atoms. The number of esters is 1. The molecule has 3 nitrogen and oxygen atoms in total. The first-order valence-corrected chi connectivity index (χ1v) is 10.5. The lowest BCUT2D eigenvalue weighted by atomic mass is 9.85. The Kier molecular flexibility index (Phi) is 6.86. The normalized spacial score (nSPS) is 10.9. The highest BCUT2D eigenvalue weighted by atomic mass is 16.5. The van der Waals surface area contributed by atoms with Crippen LogP contribution in [0.15, 0.2) is 79.4 Å². The molecule has 0 heterocycles. The molecule has 158 valence electrons. The standard InChI is InChI=1S/C28H28O3/c1-18(2)23-16-24(19(3)4)26(20(5)27(29)21-12-8-6-9-13-21)25(17-23)31-28(30)22-14-10-7-11-15-22/h6-19H,5H2,1-4H3. The molecule has 0 fully saturated rings. The van der Waals surface area contributed by atoms with Crippen molar-refractivity contribution in [2.45, 2.75) is 39.5 Å². The predicted octanol–water partition coefficient (Wildman–Crippen LogP) is 7.05. The number of hydrogen-bond acceptors (Lipinski definition) is 3. The van der Waals surface area contributed by atoms with E-state index in [9.17, 15) is 9.59 Å². The summed E-state index contributed by atoms with van der Waals surface area (Å²) < 4.78 is 5.87. The van der Waals surface area contributed by atoms with Crippen LogP contribution in [0, 0.1) is 0 Å². The number of ether oxygens (including phenoxy) is 1. The van der Waals surface area contributed by atoms with Crippen molar-refractivity contribution in [2.24, 2.45) is 0 Å². The molecular weight excluding hydrogens is 384 g/mol. The molecule has 0 aliphatic rings. The smallest absolute Gasteiger partial charge is 0.343 e. The van der Waals surface area contributed by atoms with Gasteiger partial charge in [0.05, 0.1) is 5.56 Å². The van der Waals surface area contributed by atoms with Crippen LogP contribution in [0.25, 0.3) is 5.57 Å². The Hall–Kier alpha value is -3.46. The van der Waals surface area contributed by atoms with Crippen LogP contribution in [0.5, 0.6) is 5.75 Å². The van der Waals surface area contributed by atoms with Crippen molar-refractivity contribution in [3.8, 4) is 5.75 Å². The third-order valence-electron chi connectivity index (χ3n) is 5.27. The highest BCUT2D eigenvalue weighted by Crippen LogP contribution is 2.38. The van der Waals surface area contributed by atoms with Crippen LogP contribution >= 0.6 is 0 Å². The van der Waals surface area contributed by atoms with Gasteiger partial charge in [-0.1, -0.05) is 88.9 Å². The molecule has 0 spiro atoms. The monoisotopic (exact) mass is 412 g/mol. The van der Waals surface area contributed by atoms with Gasteiger partial charge in [-0.2, -0.15) is 0 Å². The van der Waals surface area contributed by atoms with Crippen LogP contribution in [0.3, 0.4) is 0 Å². The number of Topliss-reactive ketones (excluding diaryl/α,β-unsaturated/α-hetero) is 1. The summed E-state index contributed by atoms with van der Waals surface area (Å²) in [5.41, 5.74) is 3.91. The third-order valence-corrected chi connectivity index (χ3v) is 5.27. The van der Waals surface area contributed by atoms with Crippen molar-refractivity contribution in [3.05, 3.63) is 107 Å². The van der Waals surface area contributed by atoms with E-state index in [0.717, 1.165) is 11.1 Å². The van der Waals surface area contributed by atoms with Crippen molar-refractivity contribution >= 4 is 17.3 Å². The fourth-order valence-electron chi connectivity index (χ4n) is 3.46. The van der Waals surface area contributed by atoms with Crippen LogP contribution in [0.1, 0.15) is 76.9 Å². The quantitative estimate of drug-likeness (QED) is 0.181. The van der Waals surface area contributed by atoms with E-state index in [1.165, 1.54) is 0 Å². The highest BCUT2D eigenvalue weighted by Gasteiger charge is 2.24. The molecule has 0 aromatic heterocycles. The number of rotatable bonds is 7. The molecule has 0 N–H and O–H groups in total. The summed E-state index contributed by atoms with van der Waals surface area (Å²) in [4.78, 5) is 26.1. The first kappa shape index (κ1) is 22.2. The number of allylic oxidation sites excluding steroid dienone is 1.